The van der Waals surface area contributed by atoms with Gasteiger partial charge in [-0.1, -0.05) is 50.3 Å². The molecule has 1 unspecified atom stereocenters. The quantitative estimate of drug-likeness (QED) is 0.744. The average Bonchev–Trinajstić information content (AvgIpc) is 2.96. The van der Waals surface area contributed by atoms with E-state index in [4.69, 9.17) is 5.11 Å². The van der Waals surface area contributed by atoms with Crippen molar-refractivity contribution in [2.75, 3.05) is 0 Å². The molecule has 27 heavy (non-hydrogen) atoms. The normalized spacial score (nSPS) is 16.3. The Hall–Kier alpha value is -2.37. The third kappa shape index (κ3) is 5.31. The smallest absolute Gasteiger partial charge is 0.303 e. The van der Waals surface area contributed by atoms with Crippen molar-refractivity contribution >= 4 is 22.8 Å². The lowest BCUT2D eigenvalue weighted by Gasteiger charge is -2.27. The van der Waals surface area contributed by atoms with Gasteiger partial charge in [-0.2, -0.15) is 5.10 Å². The van der Waals surface area contributed by atoms with Gasteiger partial charge in [-0.3, -0.25) is 14.3 Å². The number of carboxylic acids is 1. The van der Waals surface area contributed by atoms with E-state index in [1.807, 2.05) is 31.3 Å². The summed E-state index contributed by atoms with van der Waals surface area (Å²) in [6.45, 7) is 0. The largest absolute Gasteiger partial charge is 0.481 e. The lowest BCUT2D eigenvalue weighted by molar-refractivity contribution is -0.137. The minimum Gasteiger partial charge on any atom is -0.481 e. The van der Waals surface area contributed by atoms with Gasteiger partial charge in [0.25, 0.3) is 0 Å². The van der Waals surface area contributed by atoms with Gasteiger partial charge >= 0.3 is 5.97 Å². The maximum Gasteiger partial charge on any atom is 0.303 e. The number of carbonyl (C=O) groups is 2. The Morgan fingerprint density at radius 2 is 2.00 bits per heavy atom. The van der Waals surface area contributed by atoms with Crippen LogP contribution in [0.2, 0.25) is 0 Å². The Labute approximate surface area is 159 Å². The van der Waals surface area contributed by atoms with Gasteiger partial charge in [-0.25, -0.2) is 0 Å². The van der Waals surface area contributed by atoms with E-state index >= 15 is 0 Å². The predicted molar refractivity (Wildman–Crippen MR) is 104 cm³/mol. The van der Waals surface area contributed by atoms with Crippen LogP contribution in [-0.2, 0) is 23.1 Å². The van der Waals surface area contributed by atoms with Crippen LogP contribution in [0.25, 0.3) is 10.9 Å². The molecule has 146 valence electrons. The first kappa shape index (κ1) is 19.4. The molecule has 1 aliphatic rings. The number of carbonyl (C=O) groups excluding carboxylic acids is 1. The van der Waals surface area contributed by atoms with E-state index in [9.17, 15) is 9.59 Å². The third-order valence-corrected chi connectivity index (χ3v) is 5.58. The Balaban J connectivity index is 1.64. The number of aliphatic carboxylic acids is 1. The van der Waals surface area contributed by atoms with E-state index in [0.717, 1.165) is 23.0 Å². The van der Waals surface area contributed by atoms with Crippen LogP contribution < -0.4 is 5.32 Å². The van der Waals surface area contributed by atoms with E-state index in [-0.39, 0.29) is 24.8 Å². The second-order valence-electron chi connectivity index (χ2n) is 7.70. The van der Waals surface area contributed by atoms with Crippen LogP contribution in [0.1, 0.15) is 57.1 Å². The first-order valence-corrected chi connectivity index (χ1v) is 9.94. The van der Waals surface area contributed by atoms with E-state index in [1.54, 1.807) is 4.68 Å². The van der Waals surface area contributed by atoms with Crippen LogP contribution >= 0.6 is 0 Å². The molecular formula is C21H29N3O3. The fourth-order valence-corrected chi connectivity index (χ4v) is 4.22. The number of para-hydroxylation sites is 1. The number of nitrogens with zero attached hydrogens (tertiary/aromatic N) is 2. The van der Waals surface area contributed by atoms with Crippen molar-refractivity contribution < 1.29 is 14.7 Å². The van der Waals surface area contributed by atoms with Gasteiger partial charge in [0.1, 0.15) is 0 Å². The lowest BCUT2D eigenvalue weighted by atomic mass is 9.84. The van der Waals surface area contributed by atoms with Crippen LogP contribution in [0, 0.1) is 5.92 Å². The maximum atomic E-state index is 12.7. The fraction of sp³-hybridized carbons (Fsp3) is 0.571. The van der Waals surface area contributed by atoms with E-state index in [2.05, 4.69) is 10.4 Å². The van der Waals surface area contributed by atoms with Crippen molar-refractivity contribution in [1.82, 2.24) is 15.1 Å². The molecule has 0 saturated heterocycles. The fourth-order valence-electron chi connectivity index (χ4n) is 4.22. The van der Waals surface area contributed by atoms with Crippen molar-refractivity contribution in [3.8, 4) is 0 Å². The highest BCUT2D eigenvalue weighted by Crippen LogP contribution is 2.28. The third-order valence-electron chi connectivity index (χ3n) is 5.58. The SMILES string of the molecule is Cn1nc(CC(=O)NC(CCC(=O)O)CC2CCCCC2)c2ccccc21. The van der Waals surface area contributed by atoms with Gasteiger partial charge in [0.05, 0.1) is 17.6 Å². The molecule has 1 heterocycles. The zero-order valence-corrected chi connectivity index (χ0v) is 16.0. The highest BCUT2D eigenvalue weighted by molar-refractivity contribution is 5.87. The van der Waals surface area contributed by atoms with Crippen molar-refractivity contribution in [2.24, 2.45) is 13.0 Å². The second kappa shape index (κ2) is 9.02. The lowest BCUT2D eigenvalue weighted by Crippen LogP contribution is -2.38. The van der Waals surface area contributed by atoms with Gasteiger partial charge in [0.2, 0.25) is 5.91 Å². The zero-order chi connectivity index (χ0) is 19.2. The number of nitrogens with one attached hydrogen (secondary N) is 1. The average molecular weight is 371 g/mol. The summed E-state index contributed by atoms with van der Waals surface area (Å²) in [5.41, 5.74) is 1.77. The highest BCUT2D eigenvalue weighted by atomic mass is 16.4. The Morgan fingerprint density at radius 1 is 1.26 bits per heavy atom. The topological polar surface area (TPSA) is 84.2 Å². The van der Waals surface area contributed by atoms with Crippen LogP contribution in [0.15, 0.2) is 24.3 Å². The predicted octanol–water partition coefficient (Wildman–Crippen LogP) is 3.44. The van der Waals surface area contributed by atoms with E-state index in [1.165, 1.54) is 32.1 Å². The Morgan fingerprint density at radius 3 is 2.74 bits per heavy atom. The standard InChI is InChI=1S/C21H29N3O3/c1-24-19-10-6-5-9-17(19)18(23-24)14-20(25)22-16(11-12-21(26)27)13-15-7-3-2-4-8-15/h5-6,9-10,15-16H,2-4,7-8,11-14H2,1H3,(H,22,25)(H,26,27). The van der Waals surface area contributed by atoms with Crippen molar-refractivity contribution in [3.05, 3.63) is 30.0 Å². The van der Waals surface area contributed by atoms with Gasteiger partial charge in [0, 0.05) is 24.9 Å². The molecular weight excluding hydrogens is 342 g/mol. The maximum absolute atomic E-state index is 12.7. The second-order valence-corrected chi connectivity index (χ2v) is 7.70. The number of amides is 1. The molecule has 1 aromatic heterocycles. The molecule has 1 aromatic carbocycles. The monoisotopic (exact) mass is 371 g/mol. The zero-order valence-electron chi connectivity index (χ0n) is 16.0. The number of carboxylic acid groups (broad SMARTS) is 1. The molecule has 2 aromatic rings. The molecule has 0 spiro atoms. The van der Waals surface area contributed by atoms with Crippen LogP contribution in [0.3, 0.4) is 0 Å². The summed E-state index contributed by atoms with van der Waals surface area (Å²) >= 11 is 0. The van der Waals surface area contributed by atoms with Crippen molar-refractivity contribution in [2.45, 2.75) is 63.8 Å². The summed E-state index contributed by atoms with van der Waals surface area (Å²) in [5.74, 6) is -0.299. The van der Waals surface area contributed by atoms with E-state index in [0.29, 0.717) is 12.3 Å². The van der Waals surface area contributed by atoms with Gasteiger partial charge in [-0.05, 0) is 24.8 Å². The first-order valence-electron chi connectivity index (χ1n) is 9.94. The molecule has 3 rings (SSSR count). The summed E-state index contributed by atoms with van der Waals surface area (Å²) in [4.78, 5) is 23.7. The minimum absolute atomic E-state index is 0.0772. The number of aromatic nitrogens is 2. The molecule has 0 radical (unpaired) electrons. The number of hydrogen-bond acceptors (Lipinski definition) is 3. The Kier molecular flexibility index (Phi) is 6.48. The van der Waals surface area contributed by atoms with Crippen molar-refractivity contribution in [3.63, 3.8) is 0 Å². The number of benzene rings is 1. The molecule has 6 heteroatoms. The van der Waals surface area contributed by atoms with Crippen LogP contribution in [-0.4, -0.2) is 32.8 Å². The summed E-state index contributed by atoms with van der Waals surface area (Å²) in [5, 5.41) is 17.6. The highest BCUT2D eigenvalue weighted by Gasteiger charge is 2.22. The molecule has 1 saturated carbocycles. The van der Waals surface area contributed by atoms with Gasteiger partial charge in [0.15, 0.2) is 0 Å². The molecule has 0 bridgehead atoms. The molecule has 2 N–H and O–H groups in total. The summed E-state index contributed by atoms with van der Waals surface area (Å²) in [6, 6.07) is 7.80. The van der Waals surface area contributed by atoms with Crippen molar-refractivity contribution in [1.29, 1.82) is 0 Å². The van der Waals surface area contributed by atoms with Gasteiger partial charge in [-0.15, -0.1) is 0 Å². The molecule has 1 fully saturated rings. The van der Waals surface area contributed by atoms with E-state index < -0.39 is 5.97 Å². The van der Waals surface area contributed by atoms with Crippen LogP contribution in [0.5, 0.6) is 0 Å². The number of fused-ring (bicyclic) bond motifs is 1. The molecule has 1 amide bonds. The minimum atomic E-state index is -0.811. The number of hydrogen-bond donors (Lipinski definition) is 2. The number of aryl methyl sites for hydroxylation is 1. The summed E-state index contributed by atoms with van der Waals surface area (Å²) in [6.07, 6.45) is 7.81. The molecule has 6 nitrogen and oxygen atoms in total. The molecule has 0 aliphatic heterocycles. The molecule has 1 atom stereocenters. The van der Waals surface area contributed by atoms with Crippen LogP contribution in [0.4, 0.5) is 0 Å². The summed E-state index contributed by atoms with van der Waals surface area (Å²) in [7, 11) is 1.88. The number of rotatable bonds is 8. The molecule has 1 aliphatic carbocycles. The summed E-state index contributed by atoms with van der Waals surface area (Å²) < 4.78 is 1.79. The first-order chi connectivity index (χ1) is 13.0. The van der Waals surface area contributed by atoms with Gasteiger partial charge < -0.3 is 10.4 Å². The Bertz CT molecular complexity index is 793.